The predicted octanol–water partition coefficient (Wildman–Crippen LogP) is 3.37. The molecule has 0 fully saturated rings. The van der Waals surface area contributed by atoms with Crippen molar-refractivity contribution in [1.29, 1.82) is 0 Å². The van der Waals surface area contributed by atoms with Gasteiger partial charge in [0.05, 0.1) is 13.2 Å². The third kappa shape index (κ3) is 8.54. The van der Waals surface area contributed by atoms with Crippen molar-refractivity contribution < 1.29 is 23.8 Å². The lowest BCUT2D eigenvalue weighted by Crippen LogP contribution is -2.19. The Morgan fingerprint density at radius 3 is 1.53 bits per heavy atom. The number of hydrogen-bond donors (Lipinski definition) is 0. The van der Waals surface area contributed by atoms with Gasteiger partial charge in [-0.25, -0.2) is 9.59 Å². The molecule has 5 heteroatoms. The van der Waals surface area contributed by atoms with Crippen LogP contribution in [0.2, 0.25) is 0 Å². The quantitative estimate of drug-likeness (QED) is 0.531. The van der Waals surface area contributed by atoms with E-state index in [0.29, 0.717) is 0 Å². The number of carbonyl (C=O) groups is 2. The Kier molecular flexibility index (Phi) is 8.19. The lowest BCUT2D eigenvalue weighted by Gasteiger charge is -2.10. The fourth-order valence-electron chi connectivity index (χ4n) is 0.783. The fraction of sp³-hybridized carbons (Fsp3) is 0.833. The molecular formula is C12H22O5. The zero-order valence-electron chi connectivity index (χ0n) is 11.0. The molecule has 0 amide bonds. The maximum atomic E-state index is 11.0. The van der Waals surface area contributed by atoms with Crippen LogP contribution in [0.25, 0.3) is 0 Å². The van der Waals surface area contributed by atoms with Gasteiger partial charge in [-0.15, -0.1) is 0 Å². The van der Waals surface area contributed by atoms with Gasteiger partial charge in [0.25, 0.3) is 0 Å². The normalized spacial score (nSPS) is 13.6. The van der Waals surface area contributed by atoms with Gasteiger partial charge in [0.2, 0.25) is 0 Å². The highest BCUT2D eigenvalue weighted by molar-refractivity contribution is 5.76. The van der Waals surface area contributed by atoms with Crippen LogP contribution in [0, 0.1) is 11.8 Å². The molecular weight excluding hydrogens is 224 g/mol. The second kappa shape index (κ2) is 8.84. The SMILES string of the molecule is CCC(C)COC(=O)OC(=O)OCC(C)CC. The molecule has 17 heavy (non-hydrogen) atoms. The summed E-state index contributed by atoms with van der Waals surface area (Å²) in [5.74, 6) is 0.498. The lowest BCUT2D eigenvalue weighted by molar-refractivity contribution is 0.0260. The second-order valence-electron chi connectivity index (χ2n) is 4.25. The molecule has 0 aliphatic rings. The zero-order valence-corrected chi connectivity index (χ0v) is 11.0. The van der Waals surface area contributed by atoms with Gasteiger partial charge in [-0.05, 0) is 11.8 Å². The van der Waals surface area contributed by atoms with Crippen LogP contribution in [0.5, 0.6) is 0 Å². The van der Waals surface area contributed by atoms with E-state index in [0.717, 1.165) is 12.8 Å². The van der Waals surface area contributed by atoms with Crippen molar-refractivity contribution in [2.24, 2.45) is 11.8 Å². The van der Waals surface area contributed by atoms with Crippen molar-refractivity contribution in [3.63, 3.8) is 0 Å². The van der Waals surface area contributed by atoms with E-state index in [9.17, 15) is 9.59 Å². The van der Waals surface area contributed by atoms with E-state index in [2.05, 4.69) is 4.74 Å². The highest BCUT2D eigenvalue weighted by Crippen LogP contribution is 2.04. The van der Waals surface area contributed by atoms with E-state index in [1.807, 2.05) is 27.7 Å². The van der Waals surface area contributed by atoms with Crippen LogP contribution in [0.1, 0.15) is 40.5 Å². The molecule has 0 aromatic carbocycles. The van der Waals surface area contributed by atoms with Crippen LogP contribution >= 0.6 is 0 Å². The van der Waals surface area contributed by atoms with Crippen LogP contribution < -0.4 is 0 Å². The molecule has 0 radical (unpaired) electrons. The number of hydrogen-bond acceptors (Lipinski definition) is 5. The Balaban J connectivity index is 3.69. The zero-order chi connectivity index (χ0) is 13.3. The summed E-state index contributed by atoms with van der Waals surface area (Å²) in [5.41, 5.74) is 0. The predicted molar refractivity (Wildman–Crippen MR) is 62.7 cm³/mol. The van der Waals surface area contributed by atoms with Crippen LogP contribution in [-0.4, -0.2) is 25.5 Å². The number of ether oxygens (including phenoxy) is 3. The molecule has 0 aliphatic heterocycles. The summed E-state index contributed by atoms with van der Waals surface area (Å²) < 4.78 is 13.8. The van der Waals surface area contributed by atoms with Gasteiger partial charge < -0.3 is 14.2 Å². The molecule has 0 saturated heterocycles. The Labute approximate surface area is 102 Å². The average Bonchev–Trinajstić information content (AvgIpc) is 2.32. The van der Waals surface area contributed by atoms with E-state index in [4.69, 9.17) is 9.47 Å². The molecule has 100 valence electrons. The molecule has 0 heterocycles. The third-order valence-corrected chi connectivity index (χ3v) is 2.53. The minimum absolute atomic E-state index is 0.244. The maximum absolute atomic E-state index is 11.0. The molecule has 2 unspecified atom stereocenters. The van der Waals surface area contributed by atoms with E-state index >= 15 is 0 Å². The van der Waals surface area contributed by atoms with Crippen LogP contribution in [0.3, 0.4) is 0 Å². The van der Waals surface area contributed by atoms with Crippen molar-refractivity contribution in [2.75, 3.05) is 13.2 Å². The van der Waals surface area contributed by atoms with Crippen molar-refractivity contribution in [2.45, 2.75) is 40.5 Å². The summed E-state index contributed by atoms with van der Waals surface area (Å²) in [4.78, 5) is 22.1. The van der Waals surface area contributed by atoms with Gasteiger partial charge in [-0.1, -0.05) is 40.5 Å². The van der Waals surface area contributed by atoms with Crippen LogP contribution in [0.4, 0.5) is 9.59 Å². The Morgan fingerprint density at radius 2 is 1.24 bits per heavy atom. The monoisotopic (exact) mass is 246 g/mol. The molecule has 0 spiro atoms. The van der Waals surface area contributed by atoms with Crippen LogP contribution in [0.15, 0.2) is 0 Å². The average molecular weight is 246 g/mol. The fourth-order valence-corrected chi connectivity index (χ4v) is 0.783. The minimum Gasteiger partial charge on any atom is -0.434 e. The molecule has 0 bridgehead atoms. The first-order valence-corrected chi connectivity index (χ1v) is 6.00. The molecule has 0 aromatic heterocycles. The van der Waals surface area contributed by atoms with Crippen LogP contribution in [-0.2, 0) is 14.2 Å². The highest BCUT2D eigenvalue weighted by Gasteiger charge is 2.15. The van der Waals surface area contributed by atoms with E-state index in [-0.39, 0.29) is 25.0 Å². The smallest absolute Gasteiger partial charge is 0.434 e. The van der Waals surface area contributed by atoms with Gasteiger partial charge in [0.1, 0.15) is 0 Å². The molecule has 5 nitrogen and oxygen atoms in total. The highest BCUT2D eigenvalue weighted by atomic mass is 16.8. The summed E-state index contributed by atoms with van der Waals surface area (Å²) in [6, 6.07) is 0. The summed E-state index contributed by atoms with van der Waals surface area (Å²) in [6.07, 6.45) is -0.212. The Morgan fingerprint density at radius 1 is 0.882 bits per heavy atom. The van der Waals surface area contributed by atoms with Crippen molar-refractivity contribution in [3.05, 3.63) is 0 Å². The summed E-state index contributed by atoms with van der Waals surface area (Å²) >= 11 is 0. The summed E-state index contributed by atoms with van der Waals surface area (Å²) in [6.45, 7) is 8.34. The number of carbonyl (C=O) groups excluding carboxylic acids is 2. The third-order valence-electron chi connectivity index (χ3n) is 2.53. The maximum Gasteiger partial charge on any atom is 0.518 e. The molecule has 0 rings (SSSR count). The van der Waals surface area contributed by atoms with E-state index in [1.165, 1.54) is 0 Å². The van der Waals surface area contributed by atoms with Crippen molar-refractivity contribution >= 4 is 12.3 Å². The Hall–Kier alpha value is -1.26. The number of rotatable bonds is 6. The molecule has 0 N–H and O–H groups in total. The first-order valence-electron chi connectivity index (χ1n) is 6.00. The van der Waals surface area contributed by atoms with Gasteiger partial charge in [-0.2, -0.15) is 0 Å². The molecule has 2 atom stereocenters. The second-order valence-corrected chi connectivity index (χ2v) is 4.25. The standard InChI is InChI=1S/C12H22O5/c1-5-9(3)7-15-11(13)17-12(14)16-8-10(4)6-2/h9-10H,5-8H2,1-4H3. The van der Waals surface area contributed by atoms with Gasteiger partial charge in [-0.3, -0.25) is 0 Å². The topological polar surface area (TPSA) is 61.8 Å². The largest absolute Gasteiger partial charge is 0.518 e. The summed E-state index contributed by atoms with van der Waals surface area (Å²) in [7, 11) is 0. The van der Waals surface area contributed by atoms with Gasteiger partial charge in [0.15, 0.2) is 0 Å². The van der Waals surface area contributed by atoms with E-state index < -0.39 is 12.3 Å². The van der Waals surface area contributed by atoms with E-state index in [1.54, 1.807) is 0 Å². The van der Waals surface area contributed by atoms with Crippen molar-refractivity contribution in [3.8, 4) is 0 Å². The molecule has 0 aliphatic carbocycles. The van der Waals surface area contributed by atoms with Gasteiger partial charge >= 0.3 is 12.3 Å². The first kappa shape index (κ1) is 15.7. The molecule has 0 aromatic rings. The lowest BCUT2D eigenvalue weighted by atomic mass is 10.1. The minimum atomic E-state index is -1.00. The first-order chi connectivity index (χ1) is 7.99. The Bertz CT molecular complexity index is 215. The van der Waals surface area contributed by atoms with Crippen molar-refractivity contribution in [1.82, 2.24) is 0 Å². The summed E-state index contributed by atoms with van der Waals surface area (Å²) in [5, 5.41) is 0. The molecule has 0 saturated carbocycles. The van der Waals surface area contributed by atoms with Gasteiger partial charge in [0, 0.05) is 0 Å².